The highest BCUT2D eigenvalue weighted by Gasteiger charge is 2.38. The maximum Gasteiger partial charge on any atom is 0.416 e. The number of pyridine rings is 1. The van der Waals surface area contributed by atoms with Crippen LogP contribution in [0.2, 0.25) is 0 Å². The Bertz CT molecular complexity index is 452. The van der Waals surface area contributed by atoms with E-state index in [-0.39, 0.29) is 5.82 Å². The molecule has 9 heteroatoms. The zero-order chi connectivity index (χ0) is 15.3. The van der Waals surface area contributed by atoms with Gasteiger partial charge in [0.15, 0.2) is 29.4 Å². The number of aromatic nitrogens is 1. The van der Waals surface area contributed by atoms with Gasteiger partial charge in [-0.1, -0.05) is 6.92 Å². The first kappa shape index (κ1) is 16.4. The average Bonchev–Trinajstić information content (AvgIpc) is 2.35. The Morgan fingerprint density at radius 2 is 1.75 bits per heavy atom. The number of alkyl halides is 3. The van der Waals surface area contributed by atoms with Gasteiger partial charge >= 0.3 is 6.18 Å². The summed E-state index contributed by atoms with van der Waals surface area (Å²) in [6.45, 7) is 1.21. The van der Waals surface area contributed by atoms with E-state index in [1.54, 1.807) is 0 Å². The van der Waals surface area contributed by atoms with Gasteiger partial charge in [-0.3, -0.25) is 0 Å². The van der Waals surface area contributed by atoms with E-state index in [4.69, 9.17) is 5.11 Å². The van der Waals surface area contributed by atoms with Crippen LogP contribution in [0.25, 0.3) is 0 Å². The van der Waals surface area contributed by atoms with Crippen molar-refractivity contribution in [3.8, 4) is 0 Å². The van der Waals surface area contributed by atoms with E-state index < -0.39 is 36.3 Å². The number of hydrogen-bond acceptors (Lipinski definition) is 4. The topological polar surface area (TPSA) is 57.2 Å². The molecule has 0 fully saturated rings. The fraction of sp³-hybridized carbons (Fsp3) is 0.545. The standard InChI is InChI=1S/C11H14F5N3O/c1-2-3-17-9-6(12)4-7(13)10(19-9)18-5-8(20)11(14,15)16/h4,8,20H,2-3,5H2,1H3,(H2,17,18,19). The molecule has 1 heterocycles. The molecule has 1 rings (SSSR count). The second kappa shape index (κ2) is 6.69. The summed E-state index contributed by atoms with van der Waals surface area (Å²) in [5.74, 6) is -2.91. The molecule has 0 aromatic carbocycles. The Hall–Kier alpha value is -1.64. The zero-order valence-electron chi connectivity index (χ0n) is 10.6. The summed E-state index contributed by atoms with van der Waals surface area (Å²) in [4.78, 5) is 3.51. The van der Waals surface area contributed by atoms with E-state index in [9.17, 15) is 22.0 Å². The molecule has 0 aliphatic rings. The normalized spacial score (nSPS) is 13.2. The van der Waals surface area contributed by atoms with Crippen LogP contribution in [0.1, 0.15) is 13.3 Å². The lowest BCUT2D eigenvalue weighted by Gasteiger charge is -2.16. The lowest BCUT2D eigenvalue weighted by molar-refractivity contribution is -0.198. The number of hydrogen-bond donors (Lipinski definition) is 3. The zero-order valence-corrected chi connectivity index (χ0v) is 10.6. The Kier molecular flexibility index (Phi) is 5.49. The van der Waals surface area contributed by atoms with Gasteiger partial charge in [-0.05, 0) is 6.42 Å². The summed E-state index contributed by atoms with van der Waals surface area (Å²) in [6, 6.07) is 0.507. The van der Waals surface area contributed by atoms with Crippen molar-refractivity contribution in [2.24, 2.45) is 0 Å². The predicted molar refractivity (Wildman–Crippen MR) is 63.5 cm³/mol. The molecule has 0 bridgehead atoms. The fourth-order valence-electron chi connectivity index (χ4n) is 1.27. The minimum absolute atomic E-state index is 0.266. The van der Waals surface area contributed by atoms with E-state index in [0.29, 0.717) is 19.0 Å². The summed E-state index contributed by atoms with van der Waals surface area (Å²) in [7, 11) is 0. The smallest absolute Gasteiger partial charge is 0.382 e. The third-order valence-electron chi connectivity index (χ3n) is 2.31. The summed E-state index contributed by atoms with van der Waals surface area (Å²) in [5.41, 5.74) is 0. The molecule has 1 aromatic rings. The molecular weight excluding hydrogens is 285 g/mol. The second-order valence-corrected chi connectivity index (χ2v) is 4.01. The summed E-state index contributed by atoms with van der Waals surface area (Å²) < 4.78 is 62.9. The Balaban J connectivity index is 2.79. The second-order valence-electron chi connectivity index (χ2n) is 4.01. The summed E-state index contributed by atoms with van der Waals surface area (Å²) in [6.07, 6.45) is -6.83. The quantitative estimate of drug-likeness (QED) is 0.707. The van der Waals surface area contributed by atoms with Gasteiger partial charge in [0.05, 0.1) is 6.54 Å². The van der Waals surface area contributed by atoms with Crippen molar-refractivity contribution in [3.05, 3.63) is 17.7 Å². The molecule has 4 nitrogen and oxygen atoms in total. The Morgan fingerprint density at radius 1 is 1.20 bits per heavy atom. The Morgan fingerprint density at radius 3 is 2.25 bits per heavy atom. The van der Waals surface area contributed by atoms with Crippen LogP contribution < -0.4 is 10.6 Å². The Labute approximate surface area is 112 Å². The highest BCUT2D eigenvalue weighted by Crippen LogP contribution is 2.22. The molecule has 1 atom stereocenters. The molecule has 1 unspecified atom stereocenters. The van der Waals surface area contributed by atoms with Crippen molar-refractivity contribution in [1.29, 1.82) is 0 Å². The van der Waals surface area contributed by atoms with E-state index in [2.05, 4.69) is 10.3 Å². The summed E-state index contributed by atoms with van der Waals surface area (Å²) >= 11 is 0. The third-order valence-corrected chi connectivity index (χ3v) is 2.31. The first-order valence-corrected chi connectivity index (χ1v) is 5.84. The van der Waals surface area contributed by atoms with Crippen molar-refractivity contribution in [1.82, 2.24) is 4.98 Å². The minimum atomic E-state index is -4.83. The molecule has 0 radical (unpaired) electrons. The lowest BCUT2D eigenvalue weighted by atomic mass is 10.3. The van der Waals surface area contributed by atoms with Gasteiger partial charge in [-0.25, -0.2) is 13.8 Å². The van der Waals surface area contributed by atoms with Crippen molar-refractivity contribution >= 4 is 11.6 Å². The highest BCUT2D eigenvalue weighted by molar-refractivity contribution is 5.47. The first-order valence-electron chi connectivity index (χ1n) is 5.84. The number of aliphatic hydroxyl groups is 1. The molecule has 0 aliphatic heterocycles. The molecule has 0 amide bonds. The molecule has 0 saturated carbocycles. The molecule has 0 spiro atoms. The van der Waals surface area contributed by atoms with E-state index >= 15 is 0 Å². The predicted octanol–water partition coefficient (Wildman–Crippen LogP) is 2.52. The van der Waals surface area contributed by atoms with Gasteiger partial charge < -0.3 is 15.7 Å². The maximum atomic E-state index is 13.3. The van der Waals surface area contributed by atoms with E-state index in [1.807, 2.05) is 12.2 Å². The van der Waals surface area contributed by atoms with E-state index in [1.165, 1.54) is 0 Å². The number of rotatable bonds is 6. The fourth-order valence-corrected chi connectivity index (χ4v) is 1.27. The highest BCUT2D eigenvalue weighted by atomic mass is 19.4. The average molecular weight is 299 g/mol. The first-order chi connectivity index (χ1) is 9.25. The van der Waals surface area contributed by atoms with Crippen molar-refractivity contribution in [3.63, 3.8) is 0 Å². The van der Waals surface area contributed by atoms with Gasteiger partial charge in [-0.2, -0.15) is 13.2 Å². The maximum absolute atomic E-state index is 13.3. The molecule has 0 aliphatic carbocycles. The van der Waals surface area contributed by atoms with Crippen LogP contribution in [0, 0.1) is 11.6 Å². The molecule has 3 N–H and O–H groups in total. The minimum Gasteiger partial charge on any atom is -0.382 e. The molecule has 1 aromatic heterocycles. The molecular formula is C11H14F5N3O. The number of aliphatic hydroxyl groups excluding tert-OH is 1. The van der Waals surface area contributed by atoms with E-state index in [0.717, 1.165) is 0 Å². The number of nitrogens with one attached hydrogen (secondary N) is 2. The number of nitrogens with zero attached hydrogens (tertiary/aromatic N) is 1. The molecule has 114 valence electrons. The largest absolute Gasteiger partial charge is 0.416 e. The van der Waals surface area contributed by atoms with Crippen LogP contribution in [0.5, 0.6) is 0 Å². The van der Waals surface area contributed by atoms with Gasteiger partial charge in [-0.15, -0.1) is 0 Å². The van der Waals surface area contributed by atoms with Gasteiger partial charge in [0.25, 0.3) is 0 Å². The number of anilines is 2. The molecule has 0 saturated heterocycles. The van der Waals surface area contributed by atoms with Crippen LogP contribution >= 0.6 is 0 Å². The summed E-state index contributed by atoms with van der Waals surface area (Å²) in [5, 5.41) is 13.3. The third kappa shape index (κ3) is 4.48. The van der Waals surface area contributed by atoms with Crippen LogP contribution in [0.3, 0.4) is 0 Å². The van der Waals surface area contributed by atoms with Crippen LogP contribution in [-0.2, 0) is 0 Å². The van der Waals surface area contributed by atoms with Crippen molar-refractivity contribution in [2.75, 3.05) is 23.7 Å². The van der Waals surface area contributed by atoms with Crippen LogP contribution in [-0.4, -0.2) is 35.5 Å². The van der Waals surface area contributed by atoms with Gasteiger partial charge in [0.2, 0.25) is 0 Å². The van der Waals surface area contributed by atoms with Crippen LogP contribution in [0.15, 0.2) is 6.07 Å². The van der Waals surface area contributed by atoms with Gasteiger partial charge in [0, 0.05) is 12.6 Å². The molecule has 20 heavy (non-hydrogen) atoms. The van der Waals surface area contributed by atoms with Crippen molar-refractivity contribution < 1.29 is 27.1 Å². The van der Waals surface area contributed by atoms with Gasteiger partial charge in [0.1, 0.15) is 0 Å². The lowest BCUT2D eigenvalue weighted by Crippen LogP contribution is -2.35. The van der Waals surface area contributed by atoms with Crippen molar-refractivity contribution in [2.45, 2.75) is 25.6 Å². The van der Waals surface area contributed by atoms with Crippen LogP contribution in [0.4, 0.5) is 33.6 Å². The monoisotopic (exact) mass is 299 g/mol. The SMILES string of the molecule is CCCNc1nc(NCC(O)C(F)(F)F)c(F)cc1F. The number of halogens is 5.